The highest BCUT2D eigenvalue weighted by Gasteiger charge is 2.53. The first-order valence-corrected chi connectivity index (χ1v) is 6.81. The van der Waals surface area contributed by atoms with Crippen LogP contribution >= 0.6 is 12.2 Å². The monoisotopic (exact) mass is 247 g/mol. The zero-order chi connectivity index (χ0) is 12.6. The van der Waals surface area contributed by atoms with Crippen molar-refractivity contribution in [1.82, 2.24) is 4.90 Å². The van der Waals surface area contributed by atoms with Gasteiger partial charge in [0.15, 0.2) is 0 Å². The van der Waals surface area contributed by atoms with Gasteiger partial charge in [0.1, 0.15) is 0 Å². The van der Waals surface area contributed by atoms with E-state index < -0.39 is 0 Å². The molecule has 1 saturated heterocycles. The Morgan fingerprint density at radius 3 is 2.35 bits per heavy atom. The molecule has 1 aliphatic heterocycles. The lowest BCUT2D eigenvalue weighted by atomic mass is 9.67. The quantitative estimate of drug-likeness (QED) is 0.737. The molecule has 0 aliphatic carbocycles. The van der Waals surface area contributed by atoms with Gasteiger partial charge in [-0.1, -0.05) is 56.4 Å². The van der Waals surface area contributed by atoms with E-state index in [-0.39, 0.29) is 5.41 Å². The molecule has 1 aromatic rings. The SMILES string of the molecule is CCC1(C)C(=S)N(C(C)C)C1c1ccccc1. The fraction of sp³-hybridized carbons (Fsp3) is 0.533. The smallest absolute Gasteiger partial charge is 0.0871 e. The molecule has 0 aromatic heterocycles. The van der Waals surface area contributed by atoms with E-state index >= 15 is 0 Å². The van der Waals surface area contributed by atoms with Crippen molar-refractivity contribution in [2.75, 3.05) is 0 Å². The fourth-order valence-corrected chi connectivity index (χ4v) is 3.38. The van der Waals surface area contributed by atoms with E-state index in [4.69, 9.17) is 12.2 Å². The van der Waals surface area contributed by atoms with Crippen LogP contribution in [0.15, 0.2) is 30.3 Å². The normalized spacial score (nSPS) is 28.4. The molecule has 0 bridgehead atoms. The molecular formula is C15H21NS. The Labute approximate surface area is 110 Å². The zero-order valence-corrected chi connectivity index (χ0v) is 11.9. The van der Waals surface area contributed by atoms with Crippen LogP contribution in [0.5, 0.6) is 0 Å². The largest absolute Gasteiger partial charge is 0.355 e. The van der Waals surface area contributed by atoms with Crippen LogP contribution in [-0.4, -0.2) is 15.9 Å². The van der Waals surface area contributed by atoms with E-state index in [1.165, 1.54) is 5.56 Å². The second-order valence-electron chi connectivity index (χ2n) is 5.39. The molecule has 1 aromatic carbocycles. The third kappa shape index (κ3) is 1.79. The van der Waals surface area contributed by atoms with Crippen LogP contribution in [0.3, 0.4) is 0 Å². The molecule has 17 heavy (non-hydrogen) atoms. The molecular weight excluding hydrogens is 226 g/mol. The van der Waals surface area contributed by atoms with Gasteiger partial charge in [-0.3, -0.25) is 0 Å². The predicted molar refractivity (Wildman–Crippen MR) is 77.2 cm³/mol. The van der Waals surface area contributed by atoms with E-state index in [0.29, 0.717) is 12.1 Å². The van der Waals surface area contributed by atoms with Crippen LogP contribution in [0.4, 0.5) is 0 Å². The van der Waals surface area contributed by atoms with Crippen LogP contribution in [0.25, 0.3) is 0 Å². The van der Waals surface area contributed by atoms with E-state index in [9.17, 15) is 0 Å². The zero-order valence-electron chi connectivity index (χ0n) is 11.1. The van der Waals surface area contributed by atoms with E-state index in [2.05, 4.69) is 62.9 Å². The van der Waals surface area contributed by atoms with E-state index in [0.717, 1.165) is 11.4 Å². The summed E-state index contributed by atoms with van der Waals surface area (Å²) in [5.41, 5.74) is 1.54. The molecule has 0 saturated carbocycles. The lowest BCUT2D eigenvalue weighted by Crippen LogP contribution is -2.62. The van der Waals surface area contributed by atoms with Crippen molar-refractivity contribution < 1.29 is 0 Å². The average molecular weight is 247 g/mol. The van der Waals surface area contributed by atoms with Gasteiger partial charge < -0.3 is 4.90 Å². The van der Waals surface area contributed by atoms with E-state index in [1.54, 1.807) is 0 Å². The lowest BCUT2D eigenvalue weighted by molar-refractivity contribution is 0.0728. The highest BCUT2D eigenvalue weighted by atomic mass is 32.1. The summed E-state index contributed by atoms with van der Waals surface area (Å²) in [5, 5.41) is 0. The van der Waals surface area contributed by atoms with Gasteiger partial charge in [0.05, 0.1) is 11.0 Å². The molecule has 2 rings (SSSR count). The summed E-state index contributed by atoms with van der Waals surface area (Å²) in [7, 11) is 0. The summed E-state index contributed by atoms with van der Waals surface area (Å²) < 4.78 is 0. The first kappa shape index (κ1) is 12.6. The first-order valence-electron chi connectivity index (χ1n) is 6.40. The summed E-state index contributed by atoms with van der Waals surface area (Å²) in [4.78, 5) is 3.51. The van der Waals surface area contributed by atoms with Gasteiger partial charge in [0.2, 0.25) is 0 Å². The van der Waals surface area contributed by atoms with Gasteiger partial charge in [0, 0.05) is 11.5 Å². The summed E-state index contributed by atoms with van der Waals surface area (Å²) >= 11 is 5.62. The molecule has 2 heteroatoms. The molecule has 0 N–H and O–H groups in total. The van der Waals surface area contributed by atoms with Gasteiger partial charge in [-0.2, -0.15) is 0 Å². The van der Waals surface area contributed by atoms with Gasteiger partial charge in [-0.25, -0.2) is 0 Å². The second-order valence-corrected chi connectivity index (χ2v) is 5.78. The lowest BCUT2D eigenvalue weighted by Gasteiger charge is -2.59. The van der Waals surface area contributed by atoms with Crippen molar-refractivity contribution in [3.8, 4) is 0 Å². The minimum absolute atomic E-state index is 0.154. The van der Waals surface area contributed by atoms with Gasteiger partial charge in [-0.05, 0) is 25.8 Å². The van der Waals surface area contributed by atoms with Crippen molar-refractivity contribution >= 4 is 17.2 Å². The fourth-order valence-electron chi connectivity index (χ4n) is 2.81. The molecule has 0 spiro atoms. The van der Waals surface area contributed by atoms with Gasteiger partial charge in [0.25, 0.3) is 0 Å². The van der Waals surface area contributed by atoms with E-state index in [1.807, 2.05) is 0 Å². The molecule has 1 aliphatic rings. The molecule has 2 atom stereocenters. The number of hydrogen-bond acceptors (Lipinski definition) is 1. The third-order valence-corrected chi connectivity index (χ3v) is 4.69. The number of nitrogens with zero attached hydrogens (tertiary/aromatic N) is 1. The Kier molecular flexibility index (Phi) is 3.26. The number of likely N-dealkylation sites (tertiary alicyclic amines) is 1. The summed E-state index contributed by atoms with van der Waals surface area (Å²) in [6.07, 6.45) is 1.11. The maximum Gasteiger partial charge on any atom is 0.0871 e. The number of hydrogen-bond donors (Lipinski definition) is 0. The molecule has 92 valence electrons. The number of rotatable bonds is 3. The summed E-state index contributed by atoms with van der Waals surface area (Å²) in [6, 6.07) is 11.7. The number of benzene rings is 1. The highest BCUT2D eigenvalue weighted by molar-refractivity contribution is 7.80. The van der Waals surface area contributed by atoms with Crippen LogP contribution in [0, 0.1) is 5.41 Å². The maximum absolute atomic E-state index is 5.62. The van der Waals surface area contributed by atoms with Crippen LogP contribution in [0.1, 0.15) is 45.7 Å². The predicted octanol–water partition coefficient (Wildman–Crippen LogP) is 4.20. The highest BCUT2D eigenvalue weighted by Crippen LogP contribution is 2.53. The Morgan fingerprint density at radius 1 is 1.29 bits per heavy atom. The molecule has 1 heterocycles. The molecule has 2 unspecified atom stereocenters. The molecule has 1 fully saturated rings. The van der Waals surface area contributed by atoms with Gasteiger partial charge in [-0.15, -0.1) is 0 Å². The Morgan fingerprint density at radius 2 is 1.88 bits per heavy atom. The molecule has 0 amide bonds. The molecule has 1 nitrogen and oxygen atoms in total. The van der Waals surface area contributed by atoms with Crippen LogP contribution in [-0.2, 0) is 0 Å². The number of thiocarbonyl (C=S) groups is 1. The Bertz CT molecular complexity index is 412. The second kappa shape index (κ2) is 4.41. The molecule has 0 radical (unpaired) electrons. The Hall–Kier alpha value is -0.890. The van der Waals surface area contributed by atoms with Crippen LogP contribution < -0.4 is 0 Å². The summed E-state index contributed by atoms with van der Waals surface area (Å²) in [6.45, 7) is 8.97. The average Bonchev–Trinajstić information content (AvgIpc) is 2.34. The van der Waals surface area contributed by atoms with Crippen LogP contribution in [0.2, 0.25) is 0 Å². The van der Waals surface area contributed by atoms with Gasteiger partial charge >= 0.3 is 0 Å². The first-order chi connectivity index (χ1) is 8.02. The van der Waals surface area contributed by atoms with Crippen molar-refractivity contribution in [3.63, 3.8) is 0 Å². The topological polar surface area (TPSA) is 3.24 Å². The summed E-state index contributed by atoms with van der Waals surface area (Å²) in [5.74, 6) is 0. The van der Waals surface area contributed by atoms with Crippen molar-refractivity contribution in [1.29, 1.82) is 0 Å². The minimum Gasteiger partial charge on any atom is -0.355 e. The Balaban J connectivity index is 2.38. The third-order valence-electron chi connectivity index (χ3n) is 4.01. The van der Waals surface area contributed by atoms with Crippen molar-refractivity contribution in [2.24, 2.45) is 5.41 Å². The standard InChI is InChI=1S/C15H21NS/c1-5-15(4)13(12-9-7-6-8-10-12)16(11(2)3)14(15)17/h6-11,13H,5H2,1-4H3. The maximum atomic E-state index is 5.62. The van der Waals surface area contributed by atoms with Crippen molar-refractivity contribution in [2.45, 2.75) is 46.2 Å². The van der Waals surface area contributed by atoms with Crippen molar-refractivity contribution in [3.05, 3.63) is 35.9 Å². The minimum atomic E-state index is 0.154.